The van der Waals surface area contributed by atoms with Gasteiger partial charge in [-0.05, 0) is 81.0 Å². The molecule has 13 nitrogen and oxygen atoms in total. The second-order valence-electron chi connectivity index (χ2n) is 16.3. The van der Waals surface area contributed by atoms with E-state index in [2.05, 4.69) is 16.7 Å². The molecule has 1 amide bonds. The van der Waals surface area contributed by atoms with E-state index in [0.717, 1.165) is 34.6 Å². The number of nitrogens with one attached hydrogen (secondary N) is 2. The van der Waals surface area contributed by atoms with Gasteiger partial charge in [-0.1, -0.05) is 39.3 Å². The number of esters is 1. The molecule has 2 aromatic rings. The van der Waals surface area contributed by atoms with Gasteiger partial charge in [0.25, 0.3) is 0 Å². The molecule has 0 radical (unpaired) electrons. The molecule has 6 unspecified atom stereocenters. The van der Waals surface area contributed by atoms with Crippen LogP contribution in [0.25, 0.3) is 11.0 Å². The van der Waals surface area contributed by atoms with Gasteiger partial charge in [0.05, 0.1) is 18.2 Å². The van der Waals surface area contributed by atoms with E-state index in [1.165, 1.54) is 0 Å². The lowest BCUT2D eigenvalue weighted by atomic mass is 9.61. The molecule has 1 aliphatic carbocycles. The standard InChI is InChI=1S/C43H56N4O9S2/c1-4-26(8-11-49)41(53)56-42(2)9-7-27-23-57-58-24-34-32(19-45-3)21-47(34)38(51)15-31-20-46-37(44)16-33(31)39(27)43(42)18-30-14-28-13-29(12-25(22-50)6-5-10-48)40(52)54-35(28)17-36(30)55-43/h4,7,13-14,16-17,25,32,34,39,45-46,48-50H,5-6,8-12,15,18-24,44H2,1-3H3. The highest BCUT2D eigenvalue weighted by molar-refractivity contribution is 8.76. The molecule has 5 heterocycles. The molecule has 58 heavy (non-hydrogen) atoms. The average molecular weight is 837 g/mol. The van der Waals surface area contributed by atoms with Crippen LogP contribution in [0.15, 0.2) is 73.8 Å². The summed E-state index contributed by atoms with van der Waals surface area (Å²) >= 11 is 0. The smallest absolute Gasteiger partial charge is 0.339 e. The number of allylic oxidation sites excluding steroid dienone is 2. The Bertz CT molecular complexity index is 2100. The van der Waals surface area contributed by atoms with Gasteiger partial charge in [0.1, 0.15) is 11.3 Å². The molecule has 7 N–H and O–H groups in total. The van der Waals surface area contributed by atoms with Crippen LogP contribution in [0.5, 0.6) is 5.75 Å². The molecule has 4 aliphatic heterocycles. The van der Waals surface area contributed by atoms with Gasteiger partial charge >= 0.3 is 11.6 Å². The number of carbonyl (C=O) groups is 2. The maximum atomic E-state index is 14.2. The summed E-state index contributed by atoms with van der Waals surface area (Å²) in [5.74, 6) is 1.62. The van der Waals surface area contributed by atoms with Gasteiger partial charge < -0.3 is 50.5 Å². The third-order valence-corrected chi connectivity index (χ3v) is 15.0. The second-order valence-corrected chi connectivity index (χ2v) is 18.8. The van der Waals surface area contributed by atoms with Crippen LogP contribution in [0.4, 0.5) is 0 Å². The van der Waals surface area contributed by atoms with E-state index in [0.29, 0.717) is 90.5 Å². The van der Waals surface area contributed by atoms with Crippen LogP contribution < -0.4 is 26.7 Å². The van der Waals surface area contributed by atoms with Crippen molar-refractivity contribution in [3.05, 3.63) is 86.1 Å². The number of aliphatic hydroxyl groups excluding tert-OH is 3. The average Bonchev–Trinajstić information content (AvgIpc) is 3.56. The highest BCUT2D eigenvalue weighted by Crippen LogP contribution is 2.57. The van der Waals surface area contributed by atoms with E-state index in [-0.39, 0.29) is 50.5 Å². The molecule has 1 aromatic heterocycles. The topological polar surface area (TPSA) is 197 Å². The van der Waals surface area contributed by atoms with Gasteiger partial charge in [0, 0.05) is 105 Å². The third-order valence-electron chi connectivity index (χ3n) is 12.7. The molecule has 15 heteroatoms. The summed E-state index contributed by atoms with van der Waals surface area (Å²) in [7, 11) is 5.45. The molecular weight excluding hydrogens is 781 g/mol. The summed E-state index contributed by atoms with van der Waals surface area (Å²) in [4.78, 5) is 43.5. The van der Waals surface area contributed by atoms with Gasteiger partial charge in [0.15, 0.2) is 11.2 Å². The number of carbonyl (C=O) groups excluding carboxylic acids is 2. The quantitative estimate of drug-likeness (QED) is 0.0598. The first-order chi connectivity index (χ1) is 28.0. The highest BCUT2D eigenvalue weighted by atomic mass is 33.1. The minimum atomic E-state index is -1.26. The molecule has 5 aliphatic rings. The van der Waals surface area contributed by atoms with Crippen LogP contribution in [0, 0.1) is 17.8 Å². The number of dihydropyridines is 1. The third kappa shape index (κ3) is 8.10. The predicted octanol–water partition coefficient (Wildman–Crippen LogP) is 3.50. The minimum absolute atomic E-state index is 0.00173. The lowest BCUT2D eigenvalue weighted by molar-refractivity contribution is -0.186. The molecule has 1 fully saturated rings. The Balaban J connectivity index is 1.35. The number of hydrogen-bond acceptors (Lipinski definition) is 14. The van der Waals surface area contributed by atoms with Crippen LogP contribution in [-0.2, 0) is 27.2 Å². The normalized spacial score (nSPS) is 27.8. The van der Waals surface area contributed by atoms with Crippen LogP contribution in [0.1, 0.15) is 57.1 Å². The highest BCUT2D eigenvalue weighted by Gasteiger charge is 2.64. The van der Waals surface area contributed by atoms with Crippen molar-refractivity contribution in [2.75, 3.05) is 58.0 Å². The Morgan fingerprint density at radius 3 is 2.78 bits per heavy atom. The number of ether oxygens (including phenoxy) is 2. The van der Waals surface area contributed by atoms with Gasteiger partial charge in [-0.25, -0.2) is 9.59 Å². The van der Waals surface area contributed by atoms with Gasteiger partial charge in [-0.15, -0.1) is 0 Å². The summed E-state index contributed by atoms with van der Waals surface area (Å²) in [6.45, 7) is 5.23. The van der Waals surface area contributed by atoms with E-state index in [1.54, 1.807) is 40.7 Å². The summed E-state index contributed by atoms with van der Waals surface area (Å²) in [6.07, 6.45) is 8.11. The van der Waals surface area contributed by atoms with Crippen LogP contribution in [-0.4, -0.2) is 107 Å². The van der Waals surface area contributed by atoms with Crippen molar-refractivity contribution < 1.29 is 38.8 Å². The van der Waals surface area contributed by atoms with Crippen molar-refractivity contribution in [1.29, 1.82) is 0 Å². The molecule has 314 valence electrons. The molecule has 6 atom stereocenters. The van der Waals surface area contributed by atoms with Gasteiger partial charge in [-0.3, -0.25) is 4.79 Å². The molecule has 7 rings (SSSR count). The van der Waals surface area contributed by atoms with Crippen molar-refractivity contribution >= 4 is 44.4 Å². The summed E-state index contributed by atoms with van der Waals surface area (Å²) in [6, 6.07) is 5.65. The molecule has 0 bridgehead atoms. The van der Waals surface area contributed by atoms with E-state index >= 15 is 0 Å². The van der Waals surface area contributed by atoms with E-state index in [1.807, 2.05) is 37.1 Å². The molecule has 1 saturated heterocycles. The van der Waals surface area contributed by atoms with E-state index in [9.17, 15) is 29.7 Å². The Morgan fingerprint density at radius 2 is 2.03 bits per heavy atom. The van der Waals surface area contributed by atoms with Crippen molar-refractivity contribution in [2.24, 2.45) is 23.5 Å². The summed E-state index contributed by atoms with van der Waals surface area (Å²) < 4.78 is 19.8. The van der Waals surface area contributed by atoms with Crippen LogP contribution in [0.2, 0.25) is 0 Å². The zero-order valence-electron chi connectivity index (χ0n) is 33.5. The number of nitrogens with zero attached hydrogens (tertiary/aromatic N) is 1. The predicted molar refractivity (Wildman–Crippen MR) is 226 cm³/mol. The second kappa shape index (κ2) is 17.9. The number of benzene rings is 1. The lowest BCUT2D eigenvalue weighted by Gasteiger charge is -2.53. The molecule has 1 spiro atoms. The molecule has 0 saturated carbocycles. The fourth-order valence-corrected chi connectivity index (χ4v) is 12.0. The summed E-state index contributed by atoms with van der Waals surface area (Å²) in [5, 5.41) is 36.4. The fraction of sp³-hybridized carbons (Fsp3) is 0.558. The Morgan fingerprint density at radius 1 is 1.21 bits per heavy atom. The SMILES string of the molecule is CC=C(CCO)C(=O)OC1(C)CC=C2CSSCC3C(CNC)CN3C(=O)CC3=C(C=C(N)NC3)C2C12Cc1cc3cc(CC(CO)CCCO)c(=O)oc3cc1O2. The maximum absolute atomic E-state index is 14.2. The van der Waals surface area contributed by atoms with Crippen molar-refractivity contribution in [2.45, 2.75) is 76.0 Å². The van der Waals surface area contributed by atoms with Crippen molar-refractivity contribution in [1.82, 2.24) is 15.5 Å². The number of amides is 1. The largest absolute Gasteiger partial charge is 0.481 e. The number of rotatable bonds is 12. The van der Waals surface area contributed by atoms with Crippen molar-refractivity contribution in [3.8, 4) is 5.75 Å². The number of fused-ring (bicyclic) bond motifs is 6. The first-order valence-corrected chi connectivity index (χ1v) is 22.8. The Hall–Kier alpha value is -3.73. The van der Waals surface area contributed by atoms with Crippen LogP contribution >= 0.6 is 21.6 Å². The number of nitrogens with two attached hydrogens (primary N) is 1. The molecular formula is C43H56N4O9S2. The first kappa shape index (κ1) is 42.4. The van der Waals surface area contributed by atoms with E-state index < -0.39 is 28.7 Å². The zero-order valence-corrected chi connectivity index (χ0v) is 35.1. The fourth-order valence-electron chi connectivity index (χ4n) is 9.43. The maximum Gasteiger partial charge on any atom is 0.339 e. The first-order valence-electron chi connectivity index (χ1n) is 20.3. The zero-order chi connectivity index (χ0) is 41.2. The molecule has 1 aromatic carbocycles. The number of hydrogen-bond donors (Lipinski definition) is 6. The van der Waals surface area contributed by atoms with E-state index in [4.69, 9.17) is 19.6 Å². The Labute approximate surface area is 346 Å². The Kier molecular flexibility index (Phi) is 13.1. The van der Waals surface area contributed by atoms with Crippen molar-refractivity contribution in [3.63, 3.8) is 0 Å². The summed E-state index contributed by atoms with van der Waals surface area (Å²) in [5.41, 5.74) is 8.38. The monoisotopic (exact) mass is 836 g/mol. The van der Waals surface area contributed by atoms with Gasteiger partial charge in [-0.2, -0.15) is 0 Å². The minimum Gasteiger partial charge on any atom is -0.481 e. The van der Waals surface area contributed by atoms with Gasteiger partial charge in [0.2, 0.25) is 5.91 Å². The van der Waals surface area contributed by atoms with Crippen LogP contribution in [0.3, 0.4) is 0 Å². The number of aliphatic hydroxyl groups is 3. The lowest BCUT2D eigenvalue weighted by Crippen LogP contribution is -2.65.